The van der Waals surface area contributed by atoms with Gasteiger partial charge in [0.25, 0.3) is 0 Å². The van der Waals surface area contributed by atoms with Crippen LogP contribution in [0, 0.1) is 0 Å². The number of hydrogen-bond acceptors (Lipinski definition) is 3. The minimum Gasteiger partial charge on any atom is -0.380 e. The van der Waals surface area contributed by atoms with Gasteiger partial charge in [-0.2, -0.15) is 0 Å². The number of hydrogen-bond donors (Lipinski definition) is 1. The Hall–Kier alpha value is -0.680. The molecule has 0 aliphatic heterocycles. The van der Waals surface area contributed by atoms with Crippen LogP contribution in [0.5, 0.6) is 0 Å². The van der Waals surface area contributed by atoms with Gasteiger partial charge in [0.2, 0.25) is 0 Å². The van der Waals surface area contributed by atoms with Crippen LogP contribution in [0.4, 0.5) is 0 Å². The van der Waals surface area contributed by atoms with Crippen molar-refractivity contribution in [2.24, 2.45) is 0 Å². The number of nitrogens with one attached hydrogen (secondary N) is 1. The maximum absolute atomic E-state index is 5.63. The molecule has 2 rings (SSSR count). The van der Waals surface area contributed by atoms with Gasteiger partial charge in [0.05, 0.1) is 6.61 Å². The van der Waals surface area contributed by atoms with E-state index in [1.165, 1.54) is 10.4 Å². The largest absolute Gasteiger partial charge is 0.380 e. The molecule has 2 aromatic rings. The third kappa shape index (κ3) is 6.18. The lowest BCUT2D eigenvalue weighted by Gasteiger charge is -2.05. The minimum absolute atomic E-state index is 0.779. The van der Waals surface area contributed by atoms with E-state index in [2.05, 4.69) is 63.0 Å². The van der Waals surface area contributed by atoms with Gasteiger partial charge in [-0.1, -0.05) is 30.3 Å². The molecular formula is C16H20BrNOS. The molecule has 0 aliphatic rings. The van der Waals surface area contributed by atoms with Crippen molar-refractivity contribution in [2.75, 3.05) is 19.8 Å². The van der Waals surface area contributed by atoms with Gasteiger partial charge in [-0.05, 0) is 40.4 Å². The Balaban J connectivity index is 1.44. The SMILES string of the molecule is Brc1csc(CNCCOCCCc2ccccc2)c1. The highest BCUT2D eigenvalue weighted by atomic mass is 79.9. The van der Waals surface area contributed by atoms with Crippen LogP contribution in [0.3, 0.4) is 0 Å². The fraction of sp³-hybridized carbons (Fsp3) is 0.375. The van der Waals surface area contributed by atoms with Gasteiger partial charge in [0, 0.05) is 34.4 Å². The van der Waals surface area contributed by atoms with Crippen molar-refractivity contribution >= 4 is 27.3 Å². The third-order valence-electron chi connectivity index (χ3n) is 2.94. The summed E-state index contributed by atoms with van der Waals surface area (Å²) < 4.78 is 6.79. The second-order valence-electron chi connectivity index (χ2n) is 4.61. The quantitative estimate of drug-likeness (QED) is 0.680. The van der Waals surface area contributed by atoms with Gasteiger partial charge in [-0.3, -0.25) is 0 Å². The van der Waals surface area contributed by atoms with Crippen LogP contribution in [0.25, 0.3) is 0 Å². The molecule has 1 heterocycles. The summed E-state index contributed by atoms with van der Waals surface area (Å²) in [5.41, 5.74) is 1.39. The van der Waals surface area contributed by atoms with Crippen molar-refractivity contribution in [2.45, 2.75) is 19.4 Å². The molecule has 0 fully saturated rings. The van der Waals surface area contributed by atoms with Gasteiger partial charge >= 0.3 is 0 Å². The van der Waals surface area contributed by atoms with E-state index in [1.807, 2.05) is 0 Å². The summed E-state index contributed by atoms with van der Waals surface area (Å²) in [4.78, 5) is 1.35. The van der Waals surface area contributed by atoms with Crippen LogP contribution >= 0.6 is 27.3 Å². The lowest BCUT2D eigenvalue weighted by atomic mass is 10.1. The van der Waals surface area contributed by atoms with Crippen LogP contribution in [0.2, 0.25) is 0 Å². The van der Waals surface area contributed by atoms with E-state index in [0.717, 1.165) is 43.6 Å². The van der Waals surface area contributed by atoms with Crippen LogP contribution < -0.4 is 5.32 Å². The second-order valence-corrected chi connectivity index (χ2v) is 6.52. The molecule has 0 spiro atoms. The molecule has 0 radical (unpaired) electrons. The molecule has 4 heteroatoms. The Morgan fingerprint density at radius 1 is 1.15 bits per heavy atom. The molecule has 1 aromatic carbocycles. The molecule has 0 saturated heterocycles. The molecule has 20 heavy (non-hydrogen) atoms. The number of benzene rings is 1. The summed E-state index contributed by atoms with van der Waals surface area (Å²) in [6.07, 6.45) is 2.18. The van der Waals surface area contributed by atoms with E-state index >= 15 is 0 Å². The average Bonchev–Trinajstić information content (AvgIpc) is 2.88. The molecule has 0 unspecified atom stereocenters. The summed E-state index contributed by atoms with van der Waals surface area (Å²) in [5, 5.41) is 5.50. The molecule has 0 amide bonds. The summed E-state index contributed by atoms with van der Waals surface area (Å²) >= 11 is 5.23. The lowest BCUT2D eigenvalue weighted by molar-refractivity contribution is 0.133. The first-order valence-corrected chi connectivity index (χ1v) is 8.57. The molecule has 1 N–H and O–H groups in total. The predicted octanol–water partition coefficient (Wildman–Crippen LogP) is 4.25. The van der Waals surface area contributed by atoms with Gasteiger partial charge in [-0.25, -0.2) is 0 Å². The number of ether oxygens (including phenoxy) is 1. The summed E-state index contributed by atoms with van der Waals surface area (Å²) in [7, 11) is 0. The highest BCUT2D eigenvalue weighted by molar-refractivity contribution is 9.10. The zero-order valence-electron chi connectivity index (χ0n) is 11.5. The highest BCUT2D eigenvalue weighted by Crippen LogP contribution is 2.19. The van der Waals surface area contributed by atoms with Crippen molar-refractivity contribution in [1.29, 1.82) is 0 Å². The Morgan fingerprint density at radius 2 is 2.00 bits per heavy atom. The summed E-state index contributed by atoms with van der Waals surface area (Å²) in [5.74, 6) is 0. The monoisotopic (exact) mass is 353 g/mol. The van der Waals surface area contributed by atoms with E-state index in [4.69, 9.17) is 4.74 Å². The van der Waals surface area contributed by atoms with E-state index in [9.17, 15) is 0 Å². The van der Waals surface area contributed by atoms with Crippen molar-refractivity contribution < 1.29 is 4.74 Å². The van der Waals surface area contributed by atoms with E-state index < -0.39 is 0 Å². The molecular weight excluding hydrogens is 334 g/mol. The Morgan fingerprint density at radius 3 is 2.75 bits per heavy atom. The van der Waals surface area contributed by atoms with E-state index in [1.54, 1.807) is 11.3 Å². The maximum atomic E-state index is 5.63. The smallest absolute Gasteiger partial charge is 0.0591 e. The van der Waals surface area contributed by atoms with Crippen molar-refractivity contribution in [1.82, 2.24) is 5.32 Å². The molecule has 2 nitrogen and oxygen atoms in total. The molecule has 0 bridgehead atoms. The van der Waals surface area contributed by atoms with E-state index in [0.29, 0.717) is 0 Å². The molecule has 0 saturated carbocycles. The van der Waals surface area contributed by atoms with Crippen molar-refractivity contribution in [3.05, 3.63) is 56.7 Å². The van der Waals surface area contributed by atoms with Gasteiger partial charge in [-0.15, -0.1) is 11.3 Å². The number of rotatable bonds is 9. The molecule has 0 atom stereocenters. The van der Waals surface area contributed by atoms with Crippen molar-refractivity contribution in [3.8, 4) is 0 Å². The summed E-state index contributed by atoms with van der Waals surface area (Å²) in [6, 6.07) is 12.7. The van der Waals surface area contributed by atoms with Crippen LogP contribution in [-0.4, -0.2) is 19.8 Å². The average molecular weight is 354 g/mol. The predicted molar refractivity (Wildman–Crippen MR) is 89.3 cm³/mol. The zero-order valence-corrected chi connectivity index (χ0v) is 13.9. The van der Waals surface area contributed by atoms with Gasteiger partial charge in [0.1, 0.15) is 0 Å². The zero-order chi connectivity index (χ0) is 14.0. The number of halogens is 1. The lowest BCUT2D eigenvalue weighted by Crippen LogP contribution is -2.19. The number of aryl methyl sites for hydroxylation is 1. The Kier molecular flexibility index (Phi) is 7.30. The fourth-order valence-corrected chi connectivity index (χ4v) is 3.35. The molecule has 108 valence electrons. The minimum atomic E-state index is 0.779. The van der Waals surface area contributed by atoms with Crippen LogP contribution in [-0.2, 0) is 17.7 Å². The molecule has 0 aliphatic carbocycles. The maximum Gasteiger partial charge on any atom is 0.0591 e. The van der Waals surface area contributed by atoms with Crippen molar-refractivity contribution in [3.63, 3.8) is 0 Å². The highest BCUT2D eigenvalue weighted by Gasteiger charge is 1.97. The van der Waals surface area contributed by atoms with Gasteiger partial charge < -0.3 is 10.1 Å². The standard InChI is InChI=1S/C16H20BrNOS/c17-15-11-16(20-13-15)12-18-8-10-19-9-4-7-14-5-2-1-3-6-14/h1-3,5-6,11,13,18H,4,7-10,12H2. The van der Waals surface area contributed by atoms with Crippen LogP contribution in [0.15, 0.2) is 46.3 Å². The first-order valence-electron chi connectivity index (χ1n) is 6.90. The Labute approximate surface area is 133 Å². The first-order chi connectivity index (χ1) is 9.84. The normalized spacial score (nSPS) is 10.8. The van der Waals surface area contributed by atoms with E-state index in [-0.39, 0.29) is 0 Å². The first kappa shape index (κ1) is 15.7. The molecule has 1 aromatic heterocycles. The second kappa shape index (κ2) is 9.29. The summed E-state index contributed by atoms with van der Waals surface area (Å²) in [6.45, 7) is 3.44. The third-order valence-corrected chi connectivity index (χ3v) is 4.64. The topological polar surface area (TPSA) is 21.3 Å². The van der Waals surface area contributed by atoms with Gasteiger partial charge in [0.15, 0.2) is 0 Å². The number of thiophene rings is 1. The fourth-order valence-electron chi connectivity index (χ4n) is 1.93. The van der Waals surface area contributed by atoms with Crippen LogP contribution in [0.1, 0.15) is 16.9 Å². The Bertz CT molecular complexity index is 486.